The summed E-state index contributed by atoms with van der Waals surface area (Å²) in [7, 11) is 0. The van der Waals surface area contributed by atoms with Gasteiger partial charge >= 0.3 is 29.0 Å². The second-order valence-electron chi connectivity index (χ2n) is 10.7. The molecular weight excluding hydrogens is 594 g/mol. The normalized spacial score (nSPS) is 12.6. The topological polar surface area (TPSA) is 159 Å². The van der Waals surface area contributed by atoms with E-state index in [9.17, 15) is 34.2 Å². The standard InChI is InChI=1S/C34H33N3O9/c1-2-17-35-32(42)36(18-24(20-38)45-30(40)28-15-7-11-22-9-3-5-13-26(22)28)34(44)37(33(35)43)19-25(21-39)46-31(41)29-16-8-12-23-10-4-6-14-27(23)29/h3-16,24-25,38-39H,2,17-21H2,1H3. The van der Waals surface area contributed by atoms with Gasteiger partial charge in [-0.1, -0.05) is 79.7 Å². The number of benzene rings is 4. The van der Waals surface area contributed by atoms with Crippen LogP contribution in [0.5, 0.6) is 0 Å². The molecule has 0 amide bonds. The Bertz CT molecular complexity index is 1930. The lowest BCUT2D eigenvalue weighted by molar-refractivity contribution is 0.00565. The van der Waals surface area contributed by atoms with Crippen molar-refractivity contribution in [2.75, 3.05) is 13.2 Å². The van der Waals surface area contributed by atoms with Gasteiger partial charge in [0, 0.05) is 6.54 Å². The number of aliphatic hydroxyl groups is 2. The number of fused-ring (bicyclic) bond motifs is 2. The highest BCUT2D eigenvalue weighted by Gasteiger charge is 2.25. The minimum absolute atomic E-state index is 0.0445. The number of ether oxygens (including phenoxy) is 2. The molecule has 0 radical (unpaired) electrons. The molecule has 0 spiro atoms. The molecule has 12 nitrogen and oxygen atoms in total. The van der Waals surface area contributed by atoms with E-state index in [0.29, 0.717) is 26.3 Å². The molecule has 5 aromatic rings. The Morgan fingerprint density at radius 2 is 1.00 bits per heavy atom. The molecule has 0 bridgehead atoms. The average molecular weight is 628 g/mol. The maximum Gasteiger partial charge on any atom is 0.339 e. The van der Waals surface area contributed by atoms with E-state index in [0.717, 1.165) is 15.3 Å². The van der Waals surface area contributed by atoms with Crippen molar-refractivity contribution in [1.29, 1.82) is 0 Å². The summed E-state index contributed by atoms with van der Waals surface area (Å²) in [5.41, 5.74) is -2.53. The fourth-order valence-corrected chi connectivity index (χ4v) is 5.32. The van der Waals surface area contributed by atoms with Gasteiger partial charge in [0.05, 0.1) is 37.4 Å². The minimum atomic E-state index is -1.32. The molecule has 0 aliphatic carbocycles. The van der Waals surface area contributed by atoms with Crippen molar-refractivity contribution < 1.29 is 29.3 Å². The monoisotopic (exact) mass is 627 g/mol. The number of carbonyl (C=O) groups excluding carboxylic acids is 2. The van der Waals surface area contributed by atoms with E-state index in [2.05, 4.69) is 0 Å². The Labute approximate surface area is 262 Å². The van der Waals surface area contributed by atoms with Crippen molar-refractivity contribution in [2.24, 2.45) is 0 Å². The largest absolute Gasteiger partial charge is 0.454 e. The molecule has 46 heavy (non-hydrogen) atoms. The molecule has 2 unspecified atom stereocenters. The number of esters is 2. The third kappa shape index (κ3) is 6.53. The molecule has 0 fully saturated rings. The molecule has 4 aromatic carbocycles. The third-order valence-corrected chi connectivity index (χ3v) is 7.58. The van der Waals surface area contributed by atoms with Gasteiger partial charge in [-0.2, -0.15) is 0 Å². The van der Waals surface area contributed by atoms with Crippen LogP contribution in [-0.4, -0.2) is 61.3 Å². The number of aromatic nitrogens is 3. The first kappa shape index (κ1) is 32.1. The van der Waals surface area contributed by atoms with Crippen LogP contribution in [0.1, 0.15) is 34.1 Å². The third-order valence-electron chi connectivity index (χ3n) is 7.58. The molecule has 12 heteroatoms. The second-order valence-corrected chi connectivity index (χ2v) is 10.7. The lowest BCUT2D eigenvalue weighted by Crippen LogP contribution is -2.57. The molecular formula is C34H33N3O9. The summed E-state index contributed by atoms with van der Waals surface area (Å²) in [4.78, 5) is 66.5. The SMILES string of the molecule is CCCn1c(=O)n(CC(CO)OC(=O)c2cccc3ccccc23)c(=O)n(CC(CO)OC(=O)c2cccc3ccccc23)c1=O. The highest BCUT2D eigenvalue weighted by molar-refractivity contribution is 6.05. The van der Waals surface area contributed by atoms with E-state index < -0.39 is 67.5 Å². The van der Waals surface area contributed by atoms with Crippen molar-refractivity contribution in [3.8, 4) is 0 Å². The van der Waals surface area contributed by atoms with Gasteiger partial charge in [-0.05, 0) is 40.1 Å². The van der Waals surface area contributed by atoms with Crippen molar-refractivity contribution in [3.63, 3.8) is 0 Å². The first-order chi connectivity index (χ1) is 22.3. The number of rotatable bonds is 12. The van der Waals surface area contributed by atoms with Gasteiger partial charge in [0.15, 0.2) is 0 Å². The van der Waals surface area contributed by atoms with Gasteiger partial charge in [0.2, 0.25) is 0 Å². The van der Waals surface area contributed by atoms with Crippen LogP contribution in [0, 0.1) is 0 Å². The van der Waals surface area contributed by atoms with Crippen LogP contribution < -0.4 is 17.1 Å². The maximum absolute atomic E-state index is 13.6. The molecule has 1 heterocycles. The van der Waals surface area contributed by atoms with Crippen molar-refractivity contribution in [1.82, 2.24) is 13.7 Å². The second kappa shape index (κ2) is 14.2. The molecule has 0 aliphatic rings. The summed E-state index contributed by atoms with van der Waals surface area (Å²) in [6, 6.07) is 24.5. The summed E-state index contributed by atoms with van der Waals surface area (Å²) in [5, 5.41) is 23.0. The molecule has 0 saturated heterocycles. The van der Waals surface area contributed by atoms with Crippen molar-refractivity contribution >= 4 is 33.5 Å². The van der Waals surface area contributed by atoms with Crippen LogP contribution in [0.2, 0.25) is 0 Å². The fourth-order valence-electron chi connectivity index (χ4n) is 5.32. The quantitative estimate of drug-likeness (QED) is 0.198. The number of hydrogen-bond acceptors (Lipinski definition) is 9. The molecule has 2 atom stereocenters. The van der Waals surface area contributed by atoms with E-state index in [1.165, 1.54) is 0 Å². The van der Waals surface area contributed by atoms with E-state index in [-0.39, 0.29) is 17.7 Å². The molecule has 0 aliphatic heterocycles. The smallest absolute Gasteiger partial charge is 0.339 e. The van der Waals surface area contributed by atoms with E-state index >= 15 is 0 Å². The predicted molar refractivity (Wildman–Crippen MR) is 170 cm³/mol. The molecule has 5 rings (SSSR count). The van der Waals surface area contributed by atoms with Crippen molar-refractivity contribution in [3.05, 3.63) is 128 Å². The molecule has 0 saturated carbocycles. The Morgan fingerprint density at radius 3 is 1.41 bits per heavy atom. The highest BCUT2D eigenvalue weighted by atomic mass is 16.6. The van der Waals surface area contributed by atoms with Gasteiger partial charge in [0.25, 0.3) is 0 Å². The zero-order valence-electron chi connectivity index (χ0n) is 25.1. The zero-order chi connectivity index (χ0) is 32.8. The van der Waals surface area contributed by atoms with Crippen LogP contribution >= 0.6 is 0 Å². The summed E-state index contributed by atoms with van der Waals surface area (Å²) < 4.78 is 13.3. The van der Waals surface area contributed by atoms with Gasteiger partial charge in [-0.3, -0.25) is 0 Å². The van der Waals surface area contributed by atoms with Crippen LogP contribution in [-0.2, 0) is 29.1 Å². The zero-order valence-corrected chi connectivity index (χ0v) is 25.1. The molecule has 2 N–H and O–H groups in total. The van der Waals surface area contributed by atoms with E-state index in [1.54, 1.807) is 55.5 Å². The van der Waals surface area contributed by atoms with Gasteiger partial charge in [-0.15, -0.1) is 0 Å². The lowest BCUT2D eigenvalue weighted by atomic mass is 10.0. The first-order valence-corrected chi connectivity index (χ1v) is 14.8. The van der Waals surface area contributed by atoms with Gasteiger partial charge in [0.1, 0.15) is 12.2 Å². The van der Waals surface area contributed by atoms with Crippen LogP contribution in [0.3, 0.4) is 0 Å². The van der Waals surface area contributed by atoms with Crippen molar-refractivity contribution in [2.45, 2.75) is 45.2 Å². The first-order valence-electron chi connectivity index (χ1n) is 14.8. The van der Waals surface area contributed by atoms with E-state index in [4.69, 9.17) is 9.47 Å². The fraction of sp³-hybridized carbons (Fsp3) is 0.265. The predicted octanol–water partition coefficient (Wildman–Crippen LogP) is 2.32. The molecule has 1 aromatic heterocycles. The van der Waals surface area contributed by atoms with Crippen LogP contribution in [0.4, 0.5) is 0 Å². The number of hydrogen-bond donors (Lipinski definition) is 2. The highest BCUT2D eigenvalue weighted by Crippen LogP contribution is 2.21. The Hall–Kier alpha value is -5.33. The van der Waals surface area contributed by atoms with Crippen LogP contribution in [0.25, 0.3) is 21.5 Å². The van der Waals surface area contributed by atoms with Gasteiger partial charge < -0.3 is 19.7 Å². The maximum atomic E-state index is 13.6. The average Bonchev–Trinajstić information content (AvgIpc) is 3.08. The van der Waals surface area contributed by atoms with Crippen LogP contribution in [0.15, 0.2) is 99.3 Å². The van der Waals surface area contributed by atoms with Gasteiger partial charge in [-0.25, -0.2) is 37.7 Å². The Kier molecular flexibility index (Phi) is 9.89. The summed E-state index contributed by atoms with van der Waals surface area (Å²) in [6.45, 7) is -0.884. The number of nitrogens with zero attached hydrogens (tertiary/aromatic N) is 3. The number of carbonyl (C=O) groups is 2. The molecule has 238 valence electrons. The Balaban J connectivity index is 1.44. The summed E-state index contributed by atoms with van der Waals surface area (Å²) >= 11 is 0. The summed E-state index contributed by atoms with van der Waals surface area (Å²) in [6.07, 6.45) is -2.28. The lowest BCUT2D eigenvalue weighted by Gasteiger charge is -2.21. The summed E-state index contributed by atoms with van der Waals surface area (Å²) in [5.74, 6) is -1.54. The van der Waals surface area contributed by atoms with E-state index in [1.807, 2.05) is 36.4 Å². The number of aliphatic hydroxyl groups excluding tert-OH is 2. The Morgan fingerprint density at radius 1 is 0.609 bits per heavy atom. The minimum Gasteiger partial charge on any atom is -0.454 e.